The Labute approximate surface area is 121 Å². The number of hydrogen-bond donors (Lipinski definition) is 1. The number of ether oxygens (including phenoxy) is 1. The molecule has 0 saturated carbocycles. The quantitative estimate of drug-likeness (QED) is 0.869. The molecular formula is C15H18F3NO2. The lowest BCUT2D eigenvalue weighted by Gasteiger charge is -2.30. The lowest BCUT2D eigenvalue weighted by Crippen LogP contribution is -2.36. The number of carbonyl (C=O) groups is 1. The van der Waals surface area contributed by atoms with Gasteiger partial charge in [-0.25, -0.2) is 0 Å². The van der Waals surface area contributed by atoms with Crippen LogP contribution in [-0.2, 0) is 15.7 Å². The summed E-state index contributed by atoms with van der Waals surface area (Å²) in [7, 11) is 0. The van der Waals surface area contributed by atoms with Gasteiger partial charge in [-0.2, -0.15) is 13.2 Å². The predicted octanol–water partition coefficient (Wildman–Crippen LogP) is 3.45. The minimum Gasteiger partial charge on any atom is -0.462 e. The third kappa shape index (κ3) is 4.20. The number of halogens is 3. The average molecular weight is 301 g/mol. The molecule has 1 aromatic carbocycles. The first kappa shape index (κ1) is 15.8. The Balaban J connectivity index is 2.02. The van der Waals surface area contributed by atoms with Gasteiger partial charge in [-0.05, 0) is 30.7 Å². The van der Waals surface area contributed by atoms with E-state index in [4.69, 9.17) is 4.74 Å². The summed E-state index contributed by atoms with van der Waals surface area (Å²) in [5.74, 6) is -0.243. The lowest BCUT2D eigenvalue weighted by molar-refractivity contribution is -0.150. The molecule has 0 aromatic heterocycles. The molecule has 2 atom stereocenters. The maximum atomic E-state index is 12.5. The molecule has 0 bridgehead atoms. The van der Waals surface area contributed by atoms with Gasteiger partial charge in [0.15, 0.2) is 0 Å². The van der Waals surface area contributed by atoms with E-state index in [1.165, 1.54) is 12.1 Å². The summed E-state index contributed by atoms with van der Waals surface area (Å²) in [6.45, 7) is 2.41. The van der Waals surface area contributed by atoms with Gasteiger partial charge in [-0.1, -0.05) is 19.1 Å². The summed E-state index contributed by atoms with van der Waals surface area (Å²) < 4.78 is 42.9. The fourth-order valence-electron chi connectivity index (χ4n) is 2.42. The van der Waals surface area contributed by atoms with Crippen molar-refractivity contribution in [2.24, 2.45) is 0 Å². The van der Waals surface area contributed by atoms with Crippen molar-refractivity contribution in [1.29, 1.82) is 0 Å². The zero-order chi connectivity index (χ0) is 15.5. The second-order valence-corrected chi connectivity index (χ2v) is 5.12. The Morgan fingerprint density at radius 1 is 1.33 bits per heavy atom. The number of alkyl halides is 3. The Kier molecular flexibility index (Phi) is 4.88. The molecule has 0 amide bonds. The molecule has 6 heteroatoms. The van der Waals surface area contributed by atoms with Crippen molar-refractivity contribution >= 4 is 5.97 Å². The number of esters is 1. The number of carbonyl (C=O) groups excluding carboxylic acids is 1. The smallest absolute Gasteiger partial charge is 0.416 e. The van der Waals surface area contributed by atoms with Crippen molar-refractivity contribution in [2.75, 3.05) is 6.54 Å². The fourth-order valence-corrected chi connectivity index (χ4v) is 2.42. The first-order valence-corrected chi connectivity index (χ1v) is 7.00. The zero-order valence-electron chi connectivity index (χ0n) is 11.7. The van der Waals surface area contributed by atoms with Gasteiger partial charge < -0.3 is 10.1 Å². The van der Waals surface area contributed by atoms with E-state index in [1.54, 1.807) is 6.92 Å². The van der Waals surface area contributed by atoms with E-state index in [-0.39, 0.29) is 18.1 Å². The molecule has 1 fully saturated rings. The zero-order valence-corrected chi connectivity index (χ0v) is 11.7. The Bertz CT molecular complexity index is 485. The van der Waals surface area contributed by atoms with Crippen LogP contribution in [0.15, 0.2) is 24.3 Å². The van der Waals surface area contributed by atoms with E-state index < -0.39 is 11.7 Å². The molecule has 21 heavy (non-hydrogen) atoms. The summed E-state index contributed by atoms with van der Waals surface area (Å²) >= 11 is 0. The van der Waals surface area contributed by atoms with Crippen LogP contribution in [0, 0.1) is 0 Å². The lowest BCUT2D eigenvalue weighted by atomic mass is 9.94. The number of piperidine rings is 1. The van der Waals surface area contributed by atoms with Crippen LogP contribution in [0.2, 0.25) is 0 Å². The normalized spacial score (nSPS) is 22.9. The molecule has 0 spiro atoms. The molecule has 1 N–H and O–H groups in total. The third-order valence-corrected chi connectivity index (χ3v) is 3.58. The molecule has 2 rings (SSSR count). The van der Waals surface area contributed by atoms with Gasteiger partial charge in [0.25, 0.3) is 0 Å². The second-order valence-electron chi connectivity index (χ2n) is 5.12. The summed E-state index contributed by atoms with van der Waals surface area (Å²) in [6, 6.07) is 5.03. The average Bonchev–Trinajstić information content (AvgIpc) is 2.46. The van der Waals surface area contributed by atoms with Crippen LogP contribution in [0.4, 0.5) is 13.2 Å². The number of hydrogen-bond acceptors (Lipinski definition) is 3. The molecule has 116 valence electrons. The van der Waals surface area contributed by atoms with E-state index in [9.17, 15) is 18.0 Å². The van der Waals surface area contributed by atoms with E-state index in [0.717, 1.165) is 24.1 Å². The standard InChI is InChI=1S/C15H18F3NO2/c1-2-14(20)21-12-7-8-19-13(9-12)10-3-5-11(6-4-10)15(16,17)18/h3-6,12-13,19H,2,7-9H2,1H3/t12-,13+/m1/s1. The van der Waals surface area contributed by atoms with Crippen LogP contribution in [0.25, 0.3) is 0 Å². The van der Waals surface area contributed by atoms with E-state index in [0.29, 0.717) is 19.4 Å². The second kappa shape index (κ2) is 6.47. The Hall–Kier alpha value is -1.56. The van der Waals surface area contributed by atoms with Crippen molar-refractivity contribution in [3.63, 3.8) is 0 Å². The predicted molar refractivity (Wildman–Crippen MR) is 71.6 cm³/mol. The van der Waals surface area contributed by atoms with Gasteiger partial charge in [0.1, 0.15) is 6.10 Å². The van der Waals surface area contributed by atoms with Crippen LogP contribution in [0.1, 0.15) is 43.4 Å². The number of rotatable bonds is 3. The minimum atomic E-state index is -4.32. The highest BCUT2D eigenvalue weighted by atomic mass is 19.4. The molecule has 1 heterocycles. The van der Waals surface area contributed by atoms with E-state index in [2.05, 4.69) is 5.32 Å². The SMILES string of the molecule is CCC(=O)O[C@@H]1CCN[C@H](c2ccc(C(F)(F)F)cc2)C1. The molecule has 0 radical (unpaired) electrons. The van der Waals surface area contributed by atoms with Crippen LogP contribution in [-0.4, -0.2) is 18.6 Å². The van der Waals surface area contributed by atoms with Crippen molar-refractivity contribution in [2.45, 2.75) is 44.5 Å². The fraction of sp³-hybridized carbons (Fsp3) is 0.533. The minimum absolute atomic E-state index is 0.0873. The molecule has 0 aliphatic carbocycles. The molecule has 3 nitrogen and oxygen atoms in total. The summed E-state index contributed by atoms with van der Waals surface area (Å²) in [4.78, 5) is 11.3. The van der Waals surface area contributed by atoms with Crippen LogP contribution < -0.4 is 5.32 Å². The van der Waals surface area contributed by atoms with Gasteiger partial charge in [0.2, 0.25) is 0 Å². The van der Waals surface area contributed by atoms with E-state index in [1.807, 2.05) is 0 Å². The highest BCUT2D eigenvalue weighted by Crippen LogP contribution is 2.31. The summed E-state index contributed by atoms with van der Waals surface area (Å²) in [6.07, 6.45) is -2.86. The van der Waals surface area contributed by atoms with Gasteiger partial charge >= 0.3 is 12.1 Å². The van der Waals surface area contributed by atoms with Crippen molar-refractivity contribution in [1.82, 2.24) is 5.32 Å². The van der Waals surface area contributed by atoms with Crippen molar-refractivity contribution in [3.05, 3.63) is 35.4 Å². The Morgan fingerprint density at radius 3 is 2.57 bits per heavy atom. The highest BCUT2D eigenvalue weighted by molar-refractivity contribution is 5.69. The molecule has 1 aliphatic heterocycles. The number of benzene rings is 1. The largest absolute Gasteiger partial charge is 0.462 e. The topological polar surface area (TPSA) is 38.3 Å². The molecule has 1 aliphatic rings. The molecule has 1 saturated heterocycles. The molecule has 1 aromatic rings. The maximum absolute atomic E-state index is 12.5. The van der Waals surface area contributed by atoms with Crippen LogP contribution in [0.5, 0.6) is 0 Å². The van der Waals surface area contributed by atoms with Crippen molar-refractivity contribution < 1.29 is 22.7 Å². The van der Waals surface area contributed by atoms with Gasteiger partial charge in [0, 0.05) is 18.9 Å². The van der Waals surface area contributed by atoms with Crippen LogP contribution in [0.3, 0.4) is 0 Å². The third-order valence-electron chi connectivity index (χ3n) is 3.58. The summed E-state index contributed by atoms with van der Waals surface area (Å²) in [5, 5.41) is 3.24. The van der Waals surface area contributed by atoms with Gasteiger partial charge in [0.05, 0.1) is 5.56 Å². The molecule has 0 unspecified atom stereocenters. The van der Waals surface area contributed by atoms with Crippen molar-refractivity contribution in [3.8, 4) is 0 Å². The van der Waals surface area contributed by atoms with Gasteiger partial charge in [-0.3, -0.25) is 4.79 Å². The van der Waals surface area contributed by atoms with Crippen LogP contribution >= 0.6 is 0 Å². The first-order chi connectivity index (χ1) is 9.90. The Morgan fingerprint density at radius 2 is 2.00 bits per heavy atom. The highest BCUT2D eigenvalue weighted by Gasteiger charge is 2.31. The monoisotopic (exact) mass is 301 g/mol. The van der Waals surface area contributed by atoms with Gasteiger partial charge in [-0.15, -0.1) is 0 Å². The maximum Gasteiger partial charge on any atom is 0.416 e. The molecular weight excluding hydrogens is 283 g/mol. The summed E-state index contributed by atoms with van der Waals surface area (Å²) in [5.41, 5.74) is 0.122. The first-order valence-electron chi connectivity index (χ1n) is 7.00. The van der Waals surface area contributed by atoms with E-state index >= 15 is 0 Å². The number of nitrogens with one attached hydrogen (secondary N) is 1.